The van der Waals surface area contributed by atoms with Crippen molar-refractivity contribution in [2.75, 3.05) is 13.6 Å². The Labute approximate surface area is 273 Å². The highest BCUT2D eigenvalue weighted by Gasteiger charge is 2.33. The molecule has 0 spiro atoms. The van der Waals surface area contributed by atoms with E-state index in [2.05, 4.69) is 47.6 Å². The van der Waals surface area contributed by atoms with Gasteiger partial charge in [0.1, 0.15) is 0 Å². The van der Waals surface area contributed by atoms with Crippen molar-refractivity contribution in [2.45, 2.75) is 48.4 Å². The first kappa shape index (κ1) is 32.5. The molecule has 1 saturated heterocycles. The number of ether oxygens (including phenoxy) is 2. The Morgan fingerprint density at radius 1 is 0.841 bits per heavy atom. The number of nitrogens with one attached hydrogen (secondary N) is 1. The molecule has 4 aromatic carbocycles. The quantitative estimate of drug-likeness (QED) is 0.173. The summed E-state index contributed by atoms with van der Waals surface area (Å²) in [6.45, 7) is 1.78. The molecule has 4 aromatic rings. The molecule has 0 saturated carbocycles. The van der Waals surface area contributed by atoms with Gasteiger partial charge in [0.05, 0.1) is 18.8 Å². The molecule has 1 aliphatic heterocycles. The van der Waals surface area contributed by atoms with Crippen LogP contribution in [0.25, 0.3) is 11.1 Å². The van der Waals surface area contributed by atoms with Gasteiger partial charge >= 0.3 is 0 Å². The first-order valence-corrected chi connectivity index (χ1v) is 15.6. The van der Waals surface area contributed by atoms with Crippen LogP contribution in [0.3, 0.4) is 0 Å². The van der Waals surface area contributed by atoms with Gasteiger partial charge in [0.15, 0.2) is 6.29 Å². The fourth-order valence-corrected chi connectivity index (χ4v) is 5.55. The monoisotopic (exact) mass is 652 g/mol. The van der Waals surface area contributed by atoms with E-state index in [0.29, 0.717) is 6.42 Å². The molecule has 5 rings (SSSR count). The van der Waals surface area contributed by atoms with Crippen LogP contribution in [0, 0.1) is 0 Å². The molecule has 1 aliphatic rings. The number of carbonyl (C=O) groups excluding carboxylic acids is 1. The van der Waals surface area contributed by atoms with Crippen LogP contribution in [0.1, 0.15) is 46.6 Å². The Kier molecular flexibility index (Phi) is 11.0. The van der Waals surface area contributed by atoms with E-state index in [1.807, 2.05) is 72.8 Å². The molecular formula is C35H35Cl3N2O4. The summed E-state index contributed by atoms with van der Waals surface area (Å²) in [5, 5.41) is 12.2. The first-order valence-electron chi connectivity index (χ1n) is 14.5. The second kappa shape index (κ2) is 14.9. The van der Waals surface area contributed by atoms with Crippen molar-refractivity contribution in [3.63, 3.8) is 0 Å². The summed E-state index contributed by atoms with van der Waals surface area (Å²) < 4.78 is 11.2. The predicted molar refractivity (Wildman–Crippen MR) is 175 cm³/mol. The van der Waals surface area contributed by atoms with E-state index in [4.69, 9.17) is 44.3 Å². The number of alkyl halides is 3. The Morgan fingerprint density at radius 3 is 2.23 bits per heavy atom. The van der Waals surface area contributed by atoms with E-state index in [-0.39, 0.29) is 25.4 Å². The summed E-state index contributed by atoms with van der Waals surface area (Å²) in [7, 11) is 2.11. The van der Waals surface area contributed by atoms with Gasteiger partial charge in [-0.2, -0.15) is 0 Å². The minimum absolute atomic E-state index is 0.00227. The predicted octanol–water partition coefficient (Wildman–Crippen LogP) is 7.51. The van der Waals surface area contributed by atoms with Crippen LogP contribution in [0.4, 0.5) is 0 Å². The molecule has 9 heteroatoms. The summed E-state index contributed by atoms with van der Waals surface area (Å²) in [5.41, 5.74) is 6.88. The second-order valence-corrected chi connectivity index (χ2v) is 13.3. The topological polar surface area (TPSA) is 71.0 Å². The highest BCUT2D eigenvalue weighted by Crippen LogP contribution is 2.39. The van der Waals surface area contributed by atoms with Gasteiger partial charge in [0.2, 0.25) is 0 Å². The van der Waals surface area contributed by atoms with Gasteiger partial charge in [0, 0.05) is 31.6 Å². The van der Waals surface area contributed by atoms with E-state index < -0.39 is 16.0 Å². The highest BCUT2D eigenvalue weighted by molar-refractivity contribution is 6.76. The number of aliphatic hydroxyl groups is 1. The lowest BCUT2D eigenvalue weighted by molar-refractivity contribution is -0.252. The molecule has 0 aromatic heterocycles. The summed E-state index contributed by atoms with van der Waals surface area (Å²) in [6.07, 6.45) is -0.118. The number of rotatable bonds is 10. The minimum atomic E-state index is -2.01. The van der Waals surface area contributed by atoms with E-state index in [0.717, 1.165) is 46.5 Å². The third-order valence-electron chi connectivity index (χ3n) is 7.56. The third kappa shape index (κ3) is 8.83. The van der Waals surface area contributed by atoms with Crippen molar-refractivity contribution in [2.24, 2.45) is 0 Å². The largest absolute Gasteiger partial charge is 0.392 e. The summed E-state index contributed by atoms with van der Waals surface area (Å²) >= 11 is 17.1. The fraction of sp³-hybridized carbons (Fsp3) is 0.286. The second-order valence-electron chi connectivity index (χ2n) is 11.0. The molecule has 3 atom stereocenters. The molecule has 0 unspecified atom stereocenters. The van der Waals surface area contributed by atoms with Crippen LogP contribution in [-0.2, 0) is 34.0 Å². The Bertz CT molecular complexity index is 1530. The van der Waals surface area contributed by atoms with E-state index in [1.54, 1.807) is 0 Å². The van der Waals surface area contributed by atoms with Gasteiger partial charge in [-0.25, -0.2) is 0 Å². The molecule has 230 valence electrons. The van der Waals surface area contributed by atoms with Crippen LogP contribution >= 0.6 is 34.8 Å². The van der Waals surface area contributed by atoms with Gasteiger partial charge < -0.3 is 19.9 Å². The number of benzene rings is 4. The number of hydrogen-bond acceptors (Lipinski definition) is 5. The van der Waals surface area contributed by atoms with Gasteiger partial charge in [0.25, 0.3) is 9.70 Å². The number of amides is 1. The number of likely N-dealkylation sites (N-methyl/N-ethyl adjacent to an activating group) is 1. The highest BCUT2D eigenvalue weighted by atomic mass is 35.6. The SMILES string of the molecule is CN(Cc1ccccc1)C[C@H]1C[C@@H](c2ccc(CO)cc2)O[C@@H](c2cccc(-c3cccc(CNC(=O)C(Cl)(Cl)Cl)c3)c2)O1. The lowest BCUT2D eigenvalue weighted by Gasteiger charge is -2.38. The Balaban J connectivity index is 1.35. The lowest BCUT2D eigenvalue weighted by atomic mass is 9.98. The van der Waals surface area contributed by atoms with Crippen LogP contribution in [0.2, 0.25) is 0 Å². The molecule has 0 bridgehead atoms. The van der Waals surface area contributed by atoms with Crippen molar-refractivity contribution in [3.05, 3.63) is 131 Å². The normalized spacial score (nSPS) is 18.7. The molecule has 6 nitrogen and oxygen atoms in total. The van der Waals surface area contributed by atoms with Crippen molar-refractivity contribution < 1.29 is 19.4 Å². The molecule has 44 heavy (non-hydrogen) atoms. The smallest absolute Gasteiger partial charge is 0.272 e. The fourth-order valence-electron chi connectivity index (χ4n) is 5.35. The van der Waals surface area contributed by atoms with Crippen LogP contribution in [0.15, 0.2) is 103 Å². The average molecular weight is 654 g/mol. The molecule has 1 amide bonds. The first-order chi connectivity index (χ1) is 21.2. The van der Waals surface area contributed by atoms with Crippen LogP contribution in [-0.4, -0.2) is 39.4 Å². The minimum Gasteiger partial charge on any atom is -0.392 e. The van der Waals surface area contributed by atoms with Crippen molar-refractivity contribution in [3.8, 4) is 11.1 Å². The van der Waals surface area contributed by atoms with Crippen molar-refractivity contribution in [1.29, 1.82) is 0 Å². The zero-order valence-electron chi connectivity index (χ0n) is 24.3. The number of nitrogens with zero attached hydrogens (tertiary/aromatic N) is 1. The average Bonchev–Trinajstić information content (AvgIpc) is 3.03. The van der Waals surface area contributed by atoms with Gasteiger partial charge in [-0.05, 0) is 52.6 Å². The van der Waals surface area contributed by atoms with Gasteiger partial charge in [-0.1, -0.05) is 126 Å². The maximum Gasteiger partial charge on any atom is 0.272 e. The van der Waals surface area contributed by atoms with E-state index in [9.17, 15) is 9.90 Å². The Hall–Kier alpha value is -2.94. The van der Waals surface area contributed by atoms with Crippen molar-refractivity contribution in [1.82, 2.24) is 10.2 Å². The number of carbonyl (C=O) groups is 1. The number of aliphatic hydroxyl groups excluding tert-OH is 1. The zero-order chi connectivity index (χ0) is 31.1. The molecule has 1 fully saturated rings. The maximum absolute atomic E-state index is 12.0. The van der Waals surface area contributed by atoms with E-state index in [1.165, 1.54) is 5.56 Å². The maximum atomic E-state index is 12.0. The van der Waals surface area contributed by atoms with Crippen LogP contribution in [0.5, 0.6) is 0 Å². The van der Waals surface area contributed by atoms with Crippen LogP contribution < -0.4 is 5.32 Å². The lowest BCUT2D eigenvalue weighted by Crippen LogP contribution is -2.37. The van der Waals surface area contributed by atoms with Gasteiger partial charge in [-0.15, -0.1) is 0 Å². The van der Waals surface area contributed by atoms with Gasteiger partial charge in [-0.3, -0.25) is 9.69 Å². The molecular weight excluding hydrogens is 619 g/mol. The standard InChI is InChI=1S/C35H35Cl3N2O4/c1-40(21-24-7-3-2-4-8-24)22-31-19-32(27-15-13-25(23-41)14-16-27)44-33(43-31)30-12-6-11-29(18-30)28-10-5-9-26(17-28)20-39-34(42)35(36,37)38/h2-18,31-33,41H,19-23H2,1H3,(H,39,42)/t31-,32+,33+/m1/s1. The molecule has 1 heterocycles. The molecule has 2 N–H and O–H groups in total. The number of hydrogen-bond donors (Lipinski definition) is 2. The summed E-state index contributed by atoms with van der Waals surface area (Å²) in [4.78, 5) is 14.3. The zero-order valence-corrected chi connectivity index (χ0v) is 26.6. The van der Waals surface area contributed by atoms with E-state index >= 15 is 0 Å². The summed E-state index contributed by atoms with van der Waals surface area (Å²) in [5.74, 6) is -0.675. The molecule has 0 aliphatic carbocycles. The Morgan fingerprint density at radius 2 is 1.52 bits per heavy atom. The third-order valence-corrected chi connectivity index (χ3v) is 8.07. The molecule has 0 radical (unpaired) electrons. The summed E-state index contributed by atoms with van der Waals surface area (Å²) in [6, 6.07) is 34.2. The number of halogens is 3. The van der Waals surface area contributed by atoms with Crippen molar-refractivity contribution >= 4 is 40.7 Å².